The van der Waals surface area contributed by atoms with E-state index in [1.54, 1.807) is 10.1 Å². The van der Waals surface area contributed by atoms with Crippen LogP contribution >= 0.6 is 0 Å². The number of hydrogen-bond donors (Lipinski definition) is 1. The van der Waals surface area contributed by atoms with Gasteiger partial charge in [-0.1, -0.05) is 48.5 Å². The van der Waals surface area contributed by atoms with Crippen molar-refractivity contribution in [1.29, 1.82) is 0 Å². The quantitative estimate of drug-likeness (QED) is 0.761. The molecule has 1 N–H and O–H groups in total. The zero-order chi connectivity index (χ0) is 18.6. The highest BCUT2D eigenvalue weighted by molar-refractivity contribution is 5.75. The molecule has 0 spiro atoms. The summed E-state index contributed by atoms with van der Waals surface area (Å²) in [5.74, 6) is 1.01. The van der Waals surface area contributed by atoms with E-state index in [0.717, 1.165) is 11.1 Å². The van der Waals surface area contributed by atoms with Gasteiger partial charge in [-0.05, 0) is 18.2 Å². The summed E-state index contributed by atoms with van der Waals surface area (Å²) in [4.78, 5) is 16.4. The molecular formula is C20H18N4O3. The summed E-state index contributed by atoms with van der Waals surface area (Å²) in [6.45, 7) is 0.477. The Morgan fingerprint density at radius 1 is 1.07 bits per heavy atom. The molecule has 0 saturated carbocycles. The van der Waals surface area contributed by atoms with Crippen LogP contribution in [-0.2, 0) is 4.74 Å². The molecule has 4 rings (SSSR count). The molecule has 1 aliphatic rings. The number of hydrogen-bond acceptors (Lipinski definition) is 6. The van der Waals surface area contributed by atoms with Gasteiger partial charge in [-0.3, -0.25) is 0 Å². The topological polar surface area (TPSA) is 70.8 Å². The van der Waals surface area contributed by atoms with Crippen molar-refractivity contribution in [3.05, 3.63) is 72.9 Å². The summed E-state index contributed by atoms with van der Waals surface area (Å²) in [6, 6.07) is 19.5. The maximum absolute atomic E-state index is 11.7. The molecule has 1 aliphatic heterocycles. The summed E-state index contributed by atoms with van der Waals surface area (Å²) in [7, 11) is 1.32. The molecular weight excluding hydrogens is 344 g/mol. The van der Waals surface area contributed by atoms with E-state index in [4.69, 9.17) is 14.1 Å². The van der Waals surface area contributed by atoms with Crippen molar-refractivity contribution in [3.8, 4) is 22.7 Å². The van der Waals surface area contributed by atoms with Crippen molar-refractivity contribution in [2.45, 2.75) is 0 Å². The third kappa shape index (κ3) is 3.40. The summed E-state index contributed by atoms with van der Waals surface area (Å²) in [5, 5.41) is 3.30. The second kappa shape index (κ2) is 7.35. The van der Waals surface area contributed by atoms with Gasteiger partial charge < -0.3 is 9.15 Å². The minimum absolute atomic E-state index is 0.477. The molecule has 1 aromatic heterocycles. The smallest absolute Gasteiger partial charge is 0.422 e. The lowest BCUT2D eigenvalue weighted by atomic mass is 10.1. The van der Waals surface area contributed by atoms with Crippen LogP contribution in [0, 0.1) is 0 Å². The zero-order valence-corrected chi connectivity index (χ0v) is 14.7. The van der Waals surface area contributed by atoms with Crippen LogP contribution in [0.2, 0.25) is 0 Å². The third-order valence-corrected chi connectivity index (χ3v) is 4.08. The van der Waals surface area contributed by atoms with Gasteiger partial charge in [0.15, 0.2) is 0 Å². The number of carbonyl (C=O) groups is 1. The number of anilines is 1. The van der Waals surface area contributed by atoms with E-state index >= 15 is 0 Å². The maximum atomic E-state index is 11.7. The first kappa shape index (κ1) is 16.9. The fourth-order valence-corrected chi connectivity index (χ4v) is 2.80. The van der Waals surface area contributed by atoms with Crippen molar-refractivity contribution >= 4 is 12.0 Å². The first-order valence-electron chi connectivity index (χ1n) is 8.46. The highest BCUT2D eigenvalue weighted by Gasteiger charge is 2.28. The fourth-order valence-electron chi connectivity index (χ4n) is 2.80. The second-order valence-electron chi connectivity index (χ2n) is 5.82. The molecule has 7 heteroatoms. The van der Waals surface area contributed by atoms with Crippen LogP contribution < -0.4 is 10.4 Å². The van der Waals surface area contributed by atoms with Crippen LogP contribution in [-0.4, -0.2) is 29.8 Å². The van der Waals surface area contributed by atoms with Gasteiger partial charge in [0.05, 0.1) is 13.7 Å². The average molecular weight is 362 g/mol. The van der Waals surface area contributed by atoms with Crippen molar-refractivity contribution in [2.75, 3.05) is 18.7 Å². The van der Waals surface area contributed by atoms with Gasteiger partial charge in [-0.25, -0.2) is 20.2 Å². The van der Waals surface area contributed by atoms with Crippen molar-refractivity contribution in [3.63, 3.8) is 0 Å². The molecule has 0 fully saturated rings. The Kier molecular flexibility index (Phi) is 4.59. The number of carbonyl (C=O) groups excluding carboxylic acids is 1. The lowest BCUT2D eigenvalue weighted by molar-refractivity contribution is 0.129. The number of rotatable bonds is 4. The third-order valence-electron chi connectivity index (χ3n) is 4.08. The van der Waals surface area contributed by atoms with E-state index < -0.39 is 6.09 Å². The van der Waals surface area contributed by atoms with Gasteiger partial charge >= 0.3 is 6.09 Å². The van der Waals surface area contributed by atoms with Gasteiger partial charge in [-0.2, -0.15) is 0 Å². The summed E-state index contributed by atoms with van der Waals surface area (Å²) in [5.41, 5.74) is 5.12. The van der Waals surface area contributed by atoms with Crippen LogP contribution in [0.25, 0.3) is 22.7 Å². The Morgan fingerprint density at radius 3 is 2.41 bits per heavy atom. The predicted molar refractivity (Wildman–Crippen MR) is 101 cm³/mol. The number of benzene rings is 2. The zero-order valence-electron chi connectivity index (χ0n) is 14.7. The maximum Gasteiger partial charge on any atom is 0.422 e. The minimum atomic E-state index is -0.562. The van der Waals surface area contributed by atoms with Gasteiger partial charge in [0.2, 0.25) is 11.8 Å². The number of amides is 1. The molecule has 2 heterocycles. The van der Waals surface area contributed by atoms with Crippen LogP contribution in [0.5, 0.6) is 0 Å². The fraction of sp³-hybridized carbons (Fsp3) is 0.100. The summed E-state index contributed by atoms with van der Waals surface area (Å²) in [6.07, 6.45) is 3.15. The molecule has 2 aromatic carbocycles. The monoisotopic (exact) mass is 362 g/mol. The highest BCUT2D eigenvalue weighted by Crippen LogP contribution is 2.36. The molecule has 136 valence electrons. The van der Waals surface area contributed by atoms with Crippen LogP contribution in [0.4, 0.5) is 10.7 Å². The van der Waals surface area contributed by atoms with E-state index in [1.165, 1.54) is 7.11 Å². The van der Waals surface area contributed by atoms with Gasteiger partial charge in [0.1, 0.15) is 5.69 Å². The summed E-state index contributed by atoms with van der Waals surface area (Å²) < 4.78 is 10.8. The van der Waals surface area contributed by atoms with Crippen molar-refractivity contribution in [1.82, 2.24) is 15.5 Å². The first-order chi connectivity index (χ1) is 13.3. The number of nitrogens with one attached hydrogen (secondary N) is 1. The van der Waals surface area contributed by atoms with Gasteiger partial charge in [0.25, 0.3) is 0 Å². The Labute approximate surface area is 156 Å². The highest BCUT2D eigenvalue weighted by atomic mass is 16.5. The molecule has 0 atom stereocenters. The molecule has 0 unspecified atom stereocenters. The van der Waals surface area contributed by atoms with Gasteiger partial charge in [-0.15, -0.1) is 5.12 Å². The average Bonchev–Trinajstić information content (AvgIpc) is 3.36. The van der Waals surface area contributed by atoms with E-state index in [1.807, 2.05) is 72.9 Å². The lowest BCUT2D eigenvalue weighted by Crippen LogP contribution is -2.48. The van der Waals surface area contributed by atoms with Crippen LogP contribution in [0.15, 0.2) is 77.4 Å². The SMILES string of the molecule is COC(=O)NN1CC=CN1c1oc(-c2ccccc2)nc1-c1ccccc1. The Bertz CT molecular complexity index is 954. The van der Waals surface area contributed by atoms with Crippen LogP contribution in [0.3, 0.4) is 0 Å². The Morgan fingerprint density at radius 2 is 1.74 bits per heavy atom. The number of aromatic nitrogens is 1. The molecule has 0 bridgehead atoms. The number of nitrogens with zero attached hydrogens (tertiary/aromatic N) is 3. The van der Waals surface area contributed by atoms with E-state index in [0.29, 0.717) is 24.0 Å². The van der Waals surface area contributed by atoms with Gasteiger partial charge in [0, 0.05) is 17.3 Å². The normalized spacial score (nSPS) is 13.7. The Hall–Kier alpha value is -3.58. The van der Waals surface area contributed by atoms with Crippen molar-refractivity contribution in [2.24, 2.45) is 0 Å². The number of methoxy groups -OCH3 is 1. The molecule has 0 saturated heterocycles. The second-order valence-corrected chi connectivity index (χ2v) is 5.82. The van der Waals surface area contributed by atoms with E-state index in [9.17, 15) is 4.79 Å². The Balaban J connectivity index is 1.77. The van der Waals surface area contributed by atoms with E-state index in [-0.39, 0.29) is 0 Å². The molecule has 1 amide bonds. The molecule has 0 radical (unpaired) electrons. The number of ether oxygens (including phenoxy) is 1. The molecule has 27 heavy (non-hydrogen) atoms. The largest absolute Gasteiger partial charge is 0.452 e. The standard InChI is InChI=1S/C20H18N4O3/c1-26-20(25)22-24-14-8-13-23(24)19-17(15-9-4-2-5-10-15)21-18(27-19)16-11-6-3-7-12-16/h2-13H,14H2,1H3,(H,22,25). The van der Waals surface area contributed by atoms with E-state index in [2.05, 4.69) is 5.43 Å². The molecule has 3 aromatic rings. The first-order valence-corrected chi connectivity index (χ1v) is 8.46. The summed E-state index contributed by atoms with van der Waals surface area (Å²) >= 11 is 0. The number of hydrazine groups is 2. The lowest BCUT2D eigenvalue weighted by Gasteiger charge is -2.26. The predicted octanol–water partition coefficient (Wildman–Crippen LogP) is 3.83. The molecule has 7 nitrogen and oxygen atoms in total. The number of oxazole rings is 1. The minimum Gasteiger partial charge on any atom is -0.452 e. The molecule has 0 aliphatic carbocycles. The van der Waals surface area contributed by atoms with Crippen LogP contribution in [0.1, 0.15) is 0 Å². The van der Waals surface area contributed by atoms with Crippen molar-refractivity contribution < 1.29 is 13.9 Å².